The van der Waals surface area contributed by atoms with E-state index < -0.39 is 11.7 Å². The first-order valence-corrected chi connectivity index (χ1v) is 8.78. The Morgan fingerprint density at radius 3 is 2.07 bits per heavy atom. The second-order valence-corrected chi connectivity index (χ2v) is 6.68. The zero-order chi connectivity index (χ0) is 19.4. The van der Waals surface area contributed by atoms with E-state index >= 15 is 0 Å². The van der Waals surface area contributed by atoms with Crippen LogP contribution in [-0.4, -0.2) is 23.1 Å². The van der Waals surface area contributed by atoms with Crippen LogP contribution in [-0.2, 0) is 19.6 Å². The van der Waals surface area contributed by atoms with Crippen molar-refractivity contribution >= 4 is 5.69 Å². The molecule has 142 valence electrons. The number of halogens is 3. The Morgan fingerprint density at radius 2 is 1.56 bits per heavy atom. The number of alkyl halides is 3. The summed E-state index contributed by atoms with van der Waals surface area (Å²) in [6.07, 6.45) is 1.45. The van der Waals surface area contributed by atoms with Gasteiger partial charge in [0.15, 0.2) is 0 Å². The van der Waals surface area contributed by atoms with E-state index in [1.165, 1.54) is 12.1 Å². The molecule has 0 atom stereocenters. The van der Waals surface area contributed by atoms with Crippen LogP contribution < -0.4 is 4.90 Å². The normalized spacial score (nSPS) is 11.6. The lowest BCUT2D eigenvalue weighted by atomic mass is 10.0. The van der Waals surface area contributed by atoms with Crippen molar-refractivity contribution in [2.45, 2.75) is 19.0 Å². The Bertz CT molecular complexity index is 865. The highest BCUT2D eigenvalue weighted by Crippen LogP contribution is 2.31. The topological polar surface area (TPSA) is 21.1 Å². The van der Waals surface area contributed by atoms with Gasteiger partial charge in [0.25, 0.3) is 0 Å². The lowest BCUT2D eigenvalue weighted by Crippen LogP contribution is -2.18. The van der Waals surface area contributed by atoms with E-state index in [0.29, 0.717) is 0 Å². The van der Waals surface area contributed by atoms with Gasteiger partial charge in [-0.2, -0.15) is 13.2 Å². The first-order chi connectivity index (χ1) is 12.8. The van der Waals surface area contributed by atoms with Gasteiger partial charge in [0, 0.05) is 32.5 Å². The van der Waals surface area contributed by atoms with Gasteiger partial charge in [-0.05, 0) is 48.2 Å². The molecule has 27 heavy (non-hydrogen) atoms. The summed E-state index contributed by atoms with van der Waals surface area (Å²) in [5.74, 6) is 0. The van der Waals surface area contributed by atoms with Gasteiger partial charge in [-0.3, -0.25) is 0 Å². The van der Waals surface area contributed by atoms with Crippen LogP contribution in [0.3, 0.4) is 0 Å². The summed E-state index contributed by atoms with van der Waals surface area (Å²) in [6.45, 7) is 0.899. The number of hydrogen-bond acceptors (Lipinski definition) is 2. The minimum Gasteiger partial charge on any atom is -0.375 e. The number of aromatic nitrogens is 2. The molecule has 3 nitrogen and oxygen atoms in total. The second-order valence-electron chi connectivity index (χ2n) is 6.68. The van der Waals surface area contributed by atoms with Crippen LogP contribution in [0.5, 0.6) is 0 Å². The number of nitrogens with zero attached hydrogens (tertiary/aromatic N) is 3. The molecule has 0 radical (unpaired) electrons. The van der Waals surface area contributed by atoms with E-state index in [2.05, 4.69) is 9.88 Å². The minimum absolute atomic E-state index is 0.629. The highest BCUT2D eigenvalue weighted by Gasteiger charge is 2.29. The Labute approximate surface area is 157 Å². The Morgan fingerprint density at radius 1 is 0.963 bits per heavy atom. The first-order valence-electron chi connectivity index (χ1n) is 8.78. The van der Waals surface area contributed by atoms with Gasteiger partial charge in [0.2, 0.25) is 0 Å². The van der Waals surface area contributed by atoms with E-state index in [-0.39, 0.29) is 0 Å². The number of benzene rings is 2. The fraction of sp³-hybridized carbons (Fsp3) is 0.286. The van der Waals surface area contributed by atoms with E-state index in [9.17, 15) is 13.2 Å². The standard InChI is InChI=1S/C21H22F3N3/c1-26-14-19(25-15-26)4-3-13-27(2)20-11-7-17(8-12-20)16-5-9-18(10-6-16)21(22,23)24/h5-12,14-15H,3-4,13H2,1-2H3. The average molecular weight is 373 g/mol. The molecule has 0 aliphatic carbocycles. The van der Waals surface area contributed by atoms with Crippen molar-refractivity contribution in [3.8, 4) is 11.1 Å². The predicted molar refractivity (Wildman–Crippen MR) is 102 cm³/mol. The largest absolute Gasteiger partial charge is 0.416 e. The van der Waals surface area contributed by atoms with Gasteiger partial charge in [-0.15, -0.1) is 0 Å². The van der Waals surface area contributed by atoms with Crippen molar-refractivity contribution in [3.63, 3.8) is 0 Å². The second kappa shape index (κ2) is 7.86. The van der Waals surface area contributed by atoms with E-state index in [1.54, 1.807) is 6.33 Å². The number of imidazole rings is 1. The van der Waals surface area contributed by atoms with E-state index in [4.69, 9.17) is 0 Å². The molecule has 0 aliphatic rings. The molecule has 1 aromatic heterocycles. The Hall–Kier alpha value is -2.76. The van der Waals surface area contributed by atoms with Gasteiger partial charge in [0.1, 0.15) is 0 Å². The maximum absolute atomic E-state index is 12.7. The number of hydrogen-bond donors (Lipinski definition) is 0. The Balaban J connectivity index is 1.59. The molecule has 0 spiro atoms. The molecular formula is C21H22F3N3. The molecule has 0 amide bonds. The van der Waals surface area contributed by atoms with Gasteiger partial charge in [-0.1, -0.05) is 24.3 Å². The molecule has 3 rings (SSSR count). The zero-order valence-corrected chi connectivity index (χ0v) is 15.4. The highest BCUT2D eigenvalue weighted by molar-refractivity contribution is 5.66. The molecule has 0 saturated carbocycles. The third kappa shape index (κ3) is 4.90. The molecule has 6 heteroatoms. The molecule has 0 fully saturated rings. The minimum atomic E-state index is -4.31. The Kier molecular flexibility index (Phi) is 5.54. The van der Waals surface area contributed by atoms with Crippen LogP contribution in [0.15, 0.2) is 61.1 Å². The van der Waals surface area contributed by atoms with Crippen LogP contribution in [0.1, 0.15) is 17.7 Å². The third-order valence-electron chi connectivity index (χ3n) is 4.54. The summed E-state index contributed by atoms with van der Waals surface area (Å²) in [5.41, 5.74) is 3.20. The number of aryl methyl sites for hydroxylation is 2. The average Bonchev–Trinajstić information content (AvgIpc) is 3.06. The van der Waals surface area contributed by atoms with Gasteiger partial charge in [0.05, 0.1) is 17.6 Å². The molecule has 0 aliphatic heterocycles. The van der Waals surface area contributed by atoms with Crippen LogP contribution in [0.2, 0.25) is 0 Å². The predicted octanol–water partition coefficient (Wildman–Crippen LogP) is 5.17. The van der Waals surface area contributed by atoms with Crippen molar-refractivity contribution in [3.05, 3.63) is 72.3 Å². The lowest BCUT2D eigenvalue weighted by Gasteiger charge is -2.19. The summed E-state index contributed by atoms with van der Waals surface area (Å²) in [7, 11) is 3.99. The summed E-state index contributed by atoms with van der Waals surface area (Å²) < 4.78 is 39.9. The number of rotatable bonds is 6. The number of anilines is 1. The smallest absolute Gasteiger partial charge is 0.375 e. The molecule has 0 saturated heterocycles. The van der Waals surface area contributed by atoms with E-state index in [1.807, 2.05) is 49.1 Å². The first kappa shape index (κ1) is 19.0. The quantitative estimate of drug-likeness (QED) is 0.594. The van der Waals surface area contributed by atoms with Crippen molar-refractivity contribution in [2.75, 3.05) is 18.5 Å². The van der Waals surface area contributed by atoms with Crippen LogP contribution in [0.25, 0.3) is 11.1 Å². The van der Waals surface area contributed by atoms with Crippen molar-refractivity contribution < 1.29 is 13.2 Å². The summed E-state index contributed by atoms with van der Waals surface area (Å²) in [4.78, 5) is 6.49. The maximum Gasteiger partial charge on any atom is 0.416 e. The SMILES string of the molecule is CN(CCCc1cn(C)cn1)c1ccc(-c2ccc(C(F)(F)F)cc2)cc1. The molecule has 0 bridgehead atoms. The van der Waals surface area contributed by atoms with Crippen LogP contribution in [0.4, 0.5) is 18.9 Å². The molecule has 0 N–H and O–H groups in total. The van der Waals surface area contributed by atoms with Crippen molar-refractivity contribution in [1.82, 2.24) is 9.55 Å². The van der Waals surface area contributed by atoms with Crippen molar-refractivity contribution in [2.24, 2.45) is 7.05 Å². The monoisotopic (exact) mass is 373 g/mol. The van der Waals surface area contributed by atoms with Gasteiger partial charge >= 0.3 is 6.18 Å². The molecule has 2 aromatic carbocycles. The summed E-state index contributed by atoms with van der Waals surface area (Å²) in [6, 6.07) is 13.1. The van der Waals surface area contributed by atoms with E-state index in [0.717, 1.165) is 54.0 Å². The van der Waals surface area contributed by atoms with Gasteiger partial charge in [-0.25, -0.2) is 4.98 Å². The zero-order valence-electron chi connectivity index (χ0n) is 15.4. The molecule has 1 heterocycles. The molecular weight excluding hydrogens is 351 g/mol. The van der Waals surface area contributed by atoms with Crippen LogP contribution >= 0.6 is 0 Å². The highest BCUT2D eigenvalue weighted by atomic mass is 19.4. The fourth-order valence-corrected chi connectivity index (χ4v) is 2.98. The van der Waals surface area contributed by atoms with Crippen LogP contribution in [0, 0.1) is 0 Å². The maximum atomic E-state index is 12.7. The summed E-state index contributed by atoms with van der Waals surface area (Å²) in [5, 5.41) is 0. The summed E-state index contributed by atoms with van der Waals surface area (Å²) >= 11 is 0. The third-order valence-corrected chi connectivity index (χ3v) is 4.54. The van der Waals surface area contributed by atoms with Gasteiger partial charge < -0.3 is 9.47 Å². The van der Waals surface area contributed by atoms with Crippen molar-refractivity contribution in [1.29, 1.82) is 0 Å². The lowest BCUT2D eigenvalue weighted by molar-refractivity contribution is -0.137. The molecule has 0 unspecified atom stereocenters. The molecule has 3 aromatic rings. The fourth-order valence-electron chi connectivity index (χ4n) is 2.98.